The molecule has 0 radical (unpaired) electrons. The lowest BCUT2D eigenvalue weighted by Crippen LogP contribution is -2.46. The van der Waals surface area contributed by atoms with E-state index in [0.29, 0.717) is 0 Å². The summed E-state index contributed by atoms with van der Waals surface area (Å²) in [5.41, 5.74) is -1.00. The minimum Gasteiger partial charge on any atom is -0.462 e. The zero-order valence-electron chi connectivity index (χ0n) is 15.6. The van der Waals surface area contributed by atoms with E-state index in [9.17, 15) is 24.0 Å². The summed E-state index contributed by atoms with van der Waals surface area (Å²) in [6.07, 6.45) is -4.58. The molecule has 1 fully saturated rings. The van der Waals surface area contributed by atoms with Crippen molar-refractivity contribution in [1.29, 1.82) is 0 Å². The van der Waals surface area contributed by atoms with Crippen LogP contribution >= 0.6 is 11.8 Å². The Labute approximate surface area is 160 Å². The number of esters is 4. The van der Waals surface area contributed by atoms with Gasteiger partial charge in [-0.2, -0.15) is 0 Å². The smallest absolute Gasteiger partial charge is 0.303 e. The molecule has 5 atom stereocenters. The Morgan fingerprint density at radius 3 is 1.85 bits per heavy atom. The number of carbonyl (C=O) groups is 5. The third kappa shape index (κ3) is 7.55. The summed E-state index contributed by atoms with van der Waals surface area (Å²) in [7, 11) is 0. The molecule has 1 aliphatic rings. The fourth-order valence-corrected chi connectivity index (χ4v) is 3.31. The molecule has 1 unspecified atom stereocenters. The van der Waals surface area contributed by atoms with Gasteiger partial charge in [0.05, 0.1) is 0 Å². The van der Waals surface area contributed by atoms with Gasteiger partial charge in [0.1, 0.15) is 12.7 Å². The zero-order chi connectivity index (χ0) is 20.7. The number of hydrogen-bond acceptors (Lipinski definition) is 11. The average Bonchev–Trinajstić information content (AvgIpc) is 2.79. The molecule has 0 bridgehead atoms. The van der Waals surface area contributed by atoms with E-state index in [4.69, 9.17) is 23.7 Å². The van der Waals surface area contributed by atoms with Crippen LogP contribution in [-0.4, -0.2) is 65.5 Å². The second kappa shape index (κ2) is 10.3. The predicted octanol–water partition coefficient (Wildman–Crippen LogP) is 0.349. The Kier molecular flexibility index (Phi) is 8.70. The Hall–Kier alpha value is -2.14. The van der Waals surface area contributed by atoms with E-state index in [1.54, 1.807) is 0 Å². The number of ether oxygens (including phenoxy) is 5. The molecule has 1 rings (SSSR count). The van der Waals surface area contributed by atoms with E-state index in [0.717, 1.165) is 32.5 Å². The summed E-state index contributed by atoms with van der Waals surface area (Å²) in [5, 5.41) is -0.330. The summed E-state index contributed by atoms with van der Waals surface area (Å²) in [6, 6.07) is 0. The molecule has 1 heterocycles. The van der Waals surface area contributed by atoms with Crippen molar-refractivity contribution in [2.24, 2.45) is 0 Å². The van der Waals surface area contributed by atoms with Crippen LogP contribution in [0.2, 0.25) is 0 Å². The third-order valence-corrected chi connectivity index (χ3v) is 4.17. The topological polar surface area (TPSA) is 132 Å². The van der Waals surface area contributed by atoms with E-state index in [1.165, 1.54) is 13.8 Å². The number of carbonyl (C=O) groups excluding carboxylic acids is 5. The van der Waals surface area contributed by atoms with Crippen molar-refractivity contribution < 1.29 is 47.7 Å². The van der Waals surface area contributed by atoms with Gasteiger partial charge in [-0.25, -0.2) is 0 Å². The van der Waals surface area contributed by atoms with Crippen LogP contribution in [0.5, 0.6) is 0 Å². The van der Waals surface area contributed by atoms with Gasteiger partial charge in [-0.1, -0.05) is 11.8 Å². The van der Waals surface area contributed by atoms with Gasteiger partial charge in [0, 0.05) is 34.6 Å². The van der Waals surface area contributed by atoms with Crippen molar-refractivity contribution in [3.05, 3.63) is 0 Å². The Bertz CT molecular complexity index is 604. The van der Waals surface area contributed by atoms with Crippen LogP contribution in [0.4, 0.5) is 0 Å². The highest BCUT2D eigenvalue weighted by Crippen LogP contribution is 2.36. The minimum absolute atomic E-state index is 0.330. The fraction of sp³-hybridized carbons (Fsp3) is 0.688. The number of rotatable bonds is 7. The molecule has 0 N–H and O–H groups in total. The molecule has 0 spiro atoms. The van der Waals surface area contributed by atoms with Crippen LogP contribution in [0.25, 0.3) is 0 Å². The molecule has 0 aromatic rings. The van der Waals surface area contributed by atoms with Gasteiger partial charge < -0.3 is 23.7 Å². The first-order chi connectivity index (χ1) is 12.5. The normalized spacial score (nSPS) is 25.2. The van der Waals surface area contributed by atoms with Crippen molar-refractivity contribution >= 4 is 40.8 Å². The van der Waals surface area contributed by atoms with Gasteiger partial charge in [0.25, 0.3) is 0 Å². The average molecular weight is 406 g/mol. The maximum absolute atomic E-state index is 11.5. The molecule has 27 heavy (non-hydrogen) atoms. The third-order valence-electron chi connectivity index (χ3n) is 3.23. The molecular weight excluding hydrogens is 384 g/mol. The van der Waals surface area contributed by atoms with E-state index in [2.05, 4.69) is 0 Å². The first kappa shape index (κ1) is 22.9. The van der Waals surface area contributed by atoms with Crippen molar-refractivity contribution in [2.75, 3.05) is 6.61 Å². The highest BCUT2D eigenvalue weighted by molar-refractivity contribution is 8.14. The van der Waals surface area contributed by atoms with Crippen LogP contribution < -0.4 is 0 Å². The lowest BCUT2D eigenvalue weighted by Gasteiger charge is -2.27. The van der Waals surface area contributed by atoms with Gasteiger partial charge in [-0.05, 0) is 0 Å². The second-order valence-electron chi connectivity index (χ2n) is 5.68. The largest absolute Gasteiger partial charge is 0.462 e. The van der Waals surface area contributed by atoms with E-state index < -0.39 is 53.7 Å². The molecule has 0 aromatic heterocycles. The van der Waals surface area contributed by atoms with Crippen molar-refractivity contribution in [3.63, 3.8) is 0 Å². The molecule has 0 saturated carbocycles. The van der Waals surface area contributed by atoms with Crippen LogP contribution in [0, 0.1) is 0 Å². The molecule has 0 aliphatic carbocycles. The monoisotopic (exact) mass is 406 g/mol. The van der Waals surface area contributed by atoms with Crippen LogP contribution in [0.15, 0.2) is 0 Å². The second-order valence-corrected chi connectivity index (χ2v) is 6.95. The number of hydrogen-bond donors (Lipinski definition) is 0. The summed E-state index contributed by atoms with van der Waals surface area (Å²) in [5.74, 6) is -2.70. The zero-order valence-corrected chi connectivity index (χ0v) is 16.4. The summed E-state index contributed by atoms with van der Waals surface area (Å²) in [4.78, 5) is 57.1. The van der Waals surface area contributed by atoms with E-state index in [1.807, 2.05) is 0 Å². The molecular formula is C16H22O10S. The summed E-state index contributed by atoms with van der Waals surface area (Å²) in [6.45, 7) is 5.51. The van der Waals surface area contributed by atoms with Crippen LogP contribution in [-0.2, 0) is 47.7 Å². The predicted molar refractivity (Wildman–Crippen MR) is 90.2 cm³/mol. The van der Waals surface area contributed by atoms with Crippen molar-refractivity contribution in [3.8, 4) is 0 Å². The maximum Gasteiger partial charge on any atom is 0.303 e. The maximum atomic E-state index is 11.5. The van der Waals surface area contributed by atoms with Gasteiger partial charge in [-0.3, -0.25) is 24.0 Å². The van der Waals surface area contributed by atoms with E-state index in [-0.39, 0.29) is 11.7 Å². The molecule has 10 nitrogen and oxygen atoms in total. The van der Waals surface area contributed by atoms with Crippen LogP contribution in [0.1, 0.15) is 34.6 Å². The summed E-state index contributed by atoms with van der Waals surface area (Å²) >= 11 is 0.730. The van der Waals surface area contributed by atoms with Crippen LogP contribution in [0.3, 0.4) is 0 Å². The Balaban J connectivity index is 3.20. The standard InChI is InChI=1S/C16H22O10S/c1-7(17)22-6-12(23-8(2)18)13-14(24-9(3)19)15(25-10(4)20)16(26-13)27-11(5)21/h12-16H,6H2,1-5H3/t12-,13-,14+,15-,16?/m1/s1. The van der Waals surface area contributed by atoms with Gasteiger partial charge in [-0.15, -0.1) is 0 Å². The van der Waals surface area contributed by atoms with E-state index >= 15 is 0 Å². The first-order valence-corrected chi connectivity index (χ1v) is 8.87. The molecule has 152 valence electrons. The van der Waals surface area contributed by atoms with Gasteiger partial charge in [0.2, 0.25) is 0 Å². The number of thioether (sulfide) groups is 1. The first-order valence-electron chi connectivity index (χ1n) is 7.99. The SMILES string of the molecule is CC(=O)OC[C@@H](OC(C)=O)[C@H]1OC(SC(C)=O)[C@H](OC(C)=O)[C@H]1OC(C)=O. The van der Waals surface area contributed by atoms with Gasteiger partial charge >= 0.3 is 23.9 Å². The lowest BCUT2D eigenvalue weighted by atomic mass is 10.1. The Morgan fingerprint density at radius 1 is 0.852 bits per heavy atom. The fourth-order valence-electron chi connectivity index (χ4n) is 2.46. The quantitative estimate of drug-likeness (QED) is 0.428. The summed E-state index contributed by atoms with van der Waals surface area (Å²) < 4.78 is 26.1. The highest BCUT2D eigenvalue weighted by Gasteiger charge is 2.53. The molecule has 0 amide bonds. The molecule has 11 heteroatoms. The van der Waals surface area contributed by atoms with Crippen molar-refractivity contribution in [1.82, 2.24) is 0 Å². The minimum atomic E-state index is -1.18. The molecule has 1 saturated heterocycles. The Morgan fingerprint density at radius 2 is 1.41 bits per heavy atom. The lowest BCUT2D eigenvalue weighted by molar-refractivity contribution is -0.176. The molecule has 0 aromatic carbocycles. The molecule has 1 aliphatic heterocycles. The highest BCUT2D eigenvalue weighted by atomic mass is 32.2. The van der Waals surface area contributed by atoms with Gasteiger partial charge in [0.15, 0.2) is 28.9 Å². The van der Waals surface area contributed by atoms with Crippen molar-refractivity contribution in [2.45, 2.75) is 64.5 Å².